The Bertz CT molecular complexity index is 858. The van der Waals surface area contributed by atoms with Crippen LogP contribution in [-0.2, 0) is 11.2 Å². The molecule has 0 aliphatic rings. The smallest absolute Gasteiger partial charge is 0.330 e. The van der Waals surface area contributed by atoms with Gasteiger partial charge in [-0.1, -0.05) is 42.5 Å². The first kappa shape index (κ1) is 14.4. The van der Waals surface area contributed by atoms with Crippen LogP contribution in [0.25, 0.3) is 21.8 Å². The van der Waals surface area contributed by atoms with Gasteiger partial charge in [-0.15, -0.1) is 0 Å². The van der Waals surface area contributed by atoms with E-state index in [0.717, 1.165) is 24.8 Å². The van der Waals surface area contributed by atoms with Crippen LogP contribution in [0, 0.1) is 0 Å². The molecule has 1 aromatic heterocycles. The van der Waals surface area contributed by atoms with Crippen LogP contribution in [-0.4, -0.2) is 16.1 Å². The molecule has 0 unspecified atom stereocenters. The maximum Gasteiger partial charge on any atom is 0.330 e. The molecule has 3 aromatic rings. The molecule has 0 amide bonds. The van der Waals surface area contributed by atoms with Crippen LogP contribution in [0.15, 0.2) is 54.1 Å². The Morgan fingerprint density at radius 1 is 1.14 bits per heavy atom. The van der Waals surface area contributed by atoms with E-state index in [1.807, 2.05) is 6.07 Å². The van der Waals surface area contributed by atoms with Crippen molar-refractivity contribution >= 4 is 27.8 Å². The van der Waals surface area contributed by atoms with E-state index in [9.17, 15) is 4.79 Å². The molecule has 0 saturated heterocycles. The predicted octanol–water partition coefficient (Wildman–Crippen LogP) is 4.67. The van der Waals surface area contributed by atoms with Crippen LogP contribution >= 0.6 is 0 Å². The quantitative estimate of drug-likeness (QED) is 0.530. The Hall–Kier alpha value is -2.55. The van der Waals surface area contributed by atoms with Gasteiger partial charge >= 0.3 is 5.97 Å². The summed E-state index contributed by atoms with van der Waals surface area (Å²) in [6.07, 6.45) is 4.47. The normalized spacial score (nSPS) is 12.1. The summed E-state index contributed by atoms with van der Waals surface area (Å²) in [6, 6.07) is 14.7. The topological polar surface area (TPSA) is 53.1 Å². The molecule has 0 fully saturated rings. The number of fused-ring (bicyclic) bond motifs is 3. The van der Waals surface area contributed by atoms with E-state index in [0.29, 0.717) is 5.57 Å². The first-order chi connectivity index (χ1) is 10.7. The standard InChI is InChI=1S/C19H19NO2/c1-13(19(21)22)7-2-3-8-14-9-6-11-16-15-10-4-5-12-17(15)20-18(14)16/h4-7,9-12,20H,2-3,8H2,1H3,(H,21,22). The summed E-state index contributed by atoms with van der Waals surface area (Å²) < 4.78 is 0. The fourth-order valence-electron chi connectivity index (χ4n) is 2.84. The van der Waals surface area contributed by atoms with Crippen molar-refractivity contribution in [2.75, 3.05) is 0 Å². The predicted molar refractivity (Wildman–Crippen MR) is 90.1 cm³/mol. The number of H-pyrrole nitrogens is 1. The molecule has 0 radical (unpaired) electrons. The molecule has 0 atom stereocenters. The summed E-state index contributed by atoms with van der Waals surface area (Å²) in [5.41, 5.74) is 4.06. The molecular weight excluding hydrogens is 274 g/mol. The Morgan fingerprint density at radius 3 is 2.73 bits per heavy atom. The van der Waals surface area contributed by atoms with Crippen LogP contribution < -0.4 is 0 Å². The van der Waals surface area contributed by atoms with Gasteiger partial charge in [-0.25, -0.2) is 4.79 Å². The van der Waals surface area contributed by atoms with Crippen LogP contribution in [0.4, 0.5) is 0 Å². The number of nitrogens with one attached hydrogen (secondary N) is 1. The summed E-state index contributed by atoms with van der Waals surface area (Å²) in [4.78, 5) is 14.3. The van der Waals surface area contributed by atoms with Crippen molar-refractivity contribution in [3.63, 3.8) is 0 Å². The van der Waals surface area contributed by atoms with E-state index in [1.165, 1.54) is 21.9 Å². The number of carboxylic acids is 1. The molecule has 3 nitrogen and oxygen atoms in total. The molecule has 1 heterocycles. The van der Waals surface area contributed by atoms with Crippen molar-refractivity contribution in [3.8, 4) is 0 Å². The Balaban J connectivity index is 1.82. The number of unbranched alkanes of at least 4 members (excludes halogenated alkanes) is 1. The molecule has 22 heavy (non-hydrogen) atoms. The molecule has 112 valence electrons. The molecule has 3 heteroatoms. The fraction of sp³-hybridized carbons (Fsp3) is 0.211. The van der Waals surface area contributed by atoms with Gasteiger partial charge in [0.05, 0.1) is 0 Å². The second-order valence-electron chi connectivity index (χ2n) is 5.59. The zero-order valence-corrected chi connectivity index (χ0v) is 12.6. The highest BCUT2D eigenvalue weighted by Crippen LogP contribution is 2.28. The average Bonchev–Trinajstić information content (AvgIpc) is 2.90. The van der Waals surface area contributed by atoms with E-state index < -0.39 is 5.97 Å². The summed E-state index contributed by atoms with van der Waals surface area (Å²) >= 11 is 0. The summed E-state index contributed by atoms with van der Waals surface area (Å²) in [6.45, 7) is 1.64. The lowest BCUT2D eigenvalue weighted by atomic mass is 10.0. The second-order valence-corrected chi connectivity index (χ2v) is 5.59. The summed E-state index contributed by atoms with van der Waals surface area (Å²) in [7, 11) is 0. The van der Waals surface area contributed by atoms with Gasteiger partial charge in [0.15, 0.2) is 0 Å². The number of aromatic nitrogens is 1. The molecule has 2 aromatic carbocycles. The number of aliphatic carboxylic acids is 1. The van der Waals surface area contributed by atoms with Gasteiger partial charge in [0.1, 0.15) is 0 Å². The molecule has 0 saturated carbocycles. The summed E-state index contributed by atoms with van der Waals surface area (Å²) in [5.74, 6) is -0.835. The van der Waals surface area contributed by atoms with Crippen molar-refractivity contribution in [2.45, 2.75) is 26.2 Å². The van der Waals surface area contributed by atoms with Gasteiger partial charge in [0, 0.05) is 27.4 Å². The maximum atomic E-state index is 10.8. The highest BCUT2D eigenvalue weighted by molar-refractivity contribution is 6.08. The van der Waals surface area contributed by atoms with Gasteiger partial charge in [-0.3, -0.25) is 0 Å². The highest BCUT2D eigenvalue weighted by Gasteiger charge is 2.07. The highest BCUT2D eigenvalue weighted by atomic mass is 16.4. The van der Waals surface area contributed by atoms with Gasteiger partial charge in [-0.05, 0) is 37.8 Å². The van der Waals surface area contributed by atoms with Crippen molar-refractivity contribution in [1.82, 2.24) is 4.98 Å². The van der Waals surface area contributed by atoms with Gasteiger partial charge in [-0.2, -0.15) is 0 Å². The minimum Gasteiger partial charge on any atom is -0.478 e. The van der Waals surface area contributed by atoms with E-state index in [4.69, 9.17) is 5.11 Å². The van der Waals surface area contributed by atoms with E-state index in [-0.39, 0.29) is 0 Å². The van der Waals surface area contributed by atoms with Gasteiger partial charge in [0.25, 0.3) is 0 Å². The molecule has 0 aliphatic carbocycles. The third kappa shape index (κ3) is 2.75. The minimum absolute atomic E-state index is 0.420. The number of benzene rings is 2. The van der Waals surface area contributed by atoms with E-state index >= 15 is 0 Å². The zero-order valence-electron chi connectivity index (χ0n) is 12.6. The van der Waals surface area contributed by atoms with Crippen LogP contribution in [0.5, 0.6) is 0 Å². The molecular formula is C19H19NO2. The lowest BCUT2D eigenvalue weighted by Crippen LogP contribution is -1.95. The largest absolute Gasteiger partial charge is 0.478 e. The second kappa shape index (κ2) is 6.06. The molecule has 3 rings (SSSR count). The number of carbonyl (C=O) groups is 1. The Labute approximate surface area is 129 Å². The van der Waals surface area contributed by atoms with Crippen molar-refractivity contribution in [3.05, 3.63) is 59.7 Å². The molecule has 0 aliphatic heterocycles. The fourth-order valence-corrected chi connectivity index (χ4v) is 2.84. The lowest BCUT2D eigenvalue weighted by molar-refractivity contribution is -0.132. The van der Waals surface area contributed by atoms with Crippen molar-refractivity contribution in [1.29, 1.82) is 0 Å². The van der Waals surface area contributed by atoms with E-state index in [2.05, 4.69) is 41.4 Å². The minimum atomic E-state index is -0.835. The van der Waals surface area contributed by atoms with Crippen LogP contribution in [0.1, 0.15) is 25.3 Å². The average molecular weight is 293 g/mol. The molecule has 0 spiro atoms. The third-order valence-corrected chi connectivity index (χ3v) is 4.07. The van der Waals surface area contributed by atoms with Crippen molar-refractivity contribution in [2.24, 2.45) is 0 Å². The maximum absolute atomic E-state index is 10.8. The van der Waals surface area contributed by atoms with Crippen molar-refractivity contribution < 1.29 is 9.90 Å². The van der Waals surface area contributed by atoms with Gasteiger partial charge in [0.2, 0.25) is 0 Å². The Morgan fingerprint density at radius 2 is 1.91 bits per heavy atom. The first-order valence-corrected chi connectivity index (χ1v) is 7.55. The number of aryl methyl sites for hydroxylation is 1. The number of carboxylic acid groups (broad SMARTS) is 1. The van der Waals surface area contributed by atoms with Gasteiger partial charge < -0.3 is 10.1 Å². The Kier molecular flexibility index (Phi) is 3.96. The number of hydrogen-bond donors (Lipinski definition) is 2. The number of allylic oxidation sites excluding steroid dienone is 1. The zero-order chi connectivity index (χ0) is 15.5. The molecule has 0 bridgehead atoms. The molecule has 2 N–H and O–H groups in total. The number of rotatable bonds is 5. The summed E-state index contributed by atoms with van der Waals surface area (Å²) in [5, 5.41) is 11.4. The number of aromatic amines is 1. The monoisotopic (exact) mass is 293 g/mol. The first-order valence-electron chi connectivity index (χ1n) is 7.55. The third-order valence-electron chi connectivity index (χ3n) is 4.07. The lowest BCUT2D eigenvalue weighted by Gasteiger charge is -2.02. The van der Waals surface area contributed by atoms with E-state index in [1.54, 1.807) is 13.0 Å². The number of hydrogen-bond acceptors (Lipinski definition) is 1. The number of para-hydroxylation sites is 2. The van der Waals surface area contributed by atoms with Crippen LogP contribution in [0.3, 0.4) is 0 Å². The SMILES string of the molecule is CC(=CCCCc1cccc2c1[nH]c1ccccc12)C(=O)O. The van der Waals surface area contributed by atoms with Crippen LogP contribution in [0.2, 0.25) is 0 Å².